The average molecular weight is 167 g/mol. The molecule has 0 rings (SSSR count). The van der Waals surface area contributed by atoms with Gasteiger partial charge in [0.1, 0.15) is 6.23 Å². The number of nitrogens with one attached hydrogen (secondary N) is 1. The Kier molecular flexibility index (Phi) is 3.85. The van der Waals surface area contributed by atoms with Crippen molar-refractivity contribution in [3.8, 4) is 0 Å². The van der Waals surface area contributed by atoms with Crippen molar-refractivity contribution in [2.24, 2.45) is 0 Å². The Bertz CT molecular complexity index is 171. The van der Waals surface area contributed by atoms with E-state index >= 15 is 0 Å². The summed E-state index contributed by atoms with van der Waals surface area (Å²) in [6, 6.07) is 0. The molecule has 0 fully saturated rings. The van der Waals surface area contributed by atoms with Gasteiger partial charge in [-0.2, -0.15) is 8.42 Å². The number of hydrogen-bond donors (Lipinski definition) is 1. The maximum absolute atomic E-state index is 10.5. The predicted octanol–water partition coefficient (Wildman–Crippen LogP) is -0.0819. The summed E-state index contributed by atoms with van der Waals surface area (Å²) in [7, 11) is -1.66. The van der Waals surface area contributed by atoms with E-state index in [0.717, 1.165) is 6.26 Å². The molecule has 0 bridgehead atoms. The monoisotopic (exact) mass is 167 g/mol. The molecule has 62 valence electrons. The minimum Gasteiger partial charge on any atom is -0.294 e. The molecule has 0 aliphatic carbocycles. The van der Waals surface area contributed by atoms with Gasteiger partial charge < -0.3 is 0 Å². The van der Waals surface area contributed by atoms with E-state index in [4.69, 9.17) is 0 Å². The van der Waals surface area contributed by atoms with Gasteiger partial charge >= 0.3 is 0 Å². The molecular formula is C5H13NO3S. The van der Waals surface area contributed by atoms with Gasteiger partial charge in [-0.25, -0.2) is 0 Å². The molecule has 0 saturated carbocycles. The highest BCUT2D eigenvalue weighted by Gasteiger charge is 2.09. The normalized spacial score (nSPS) is 15.1. The predicted molar refractivity (Wildman–Crippen MR) is 39.1 cm³/mol. The van der Waals surface area contributed by atoms with Crippen molar-refractivity contribution < 1.29 is 12.6 Å². The van der Waals surface area contributed by atoms with Crippen LogP contribution in [0, 0.1) is 0 Å². The first kappa shape index (κ1) is 9.87. The third-order valence-corrected chi connectivity index (χ3v) is 1.57. The molecule has 0 aliphatic heterocycles. The molecule has 0 radical (unpaired) electrons. The minimum atomic E-state index is -3.31. The van der Waals surface area contributed by atoms with Crippen LogP contribution in [0.15, 0.2) is 0 Å². The fourth-order valence-electron chi connectivity index (χ4n) is 0.531. The minimum absolute atomic E-state index is 0.394. The Hall–Kier alpha value is -0.130. The van der Waals surface area contributed by atoms with E-state index in [1.54, 1.807) is 7.05 Å². The molecular weight excluding hydrogens is 154 g/mol. The van der Waals surface area contributed by atoms with E-state index in [0.29, 0.717) is 6.42 Å². The second-order valence-electron chi connectivity index (χ2n) is 1.99. The van der Waals surface area contributed by atoms with Gasteiger partial charge in [0.25, 0.3) is 10.1 Å². The molecule has 10 heavy (non-hydrogen) atoms. The van der Waals surface area contributed by atoms with E-state index in [-0.39, 0.29) is 0 Å². The van der Waals surface area contributed by atoms with Crippen LogP contribution in [0.1, 0.15) is 13.3 Å². The zero-order chi connectivity index (χ0) is 8.20. The van der Waals surface area contributed by atoms with Crippen LogP contribution in [0.2, 0.25) is 0 Å². The maximum Gasteiger partial charge on any atom is 0.265 e. The van der Waals surface area contributed by atoms with Crippen LogP contribution in [-0.4, -0.2) is 27.9 Å². The van der Waals surface area contributed by atoms with Crippen molar-refractivity contribution in [3.63, 3.8) is 0 Å². The zero-order valence-electron chi connectivity index (χ0n) is 6.42. The van der Waals surface area contributed by atoms with E-state index in [1.807, 2.05) is 6.92 Å². The van der Waals surface area contributed by atoms with Crippen molar-refractivity contribution >= 4 is 10.1 Å². The molecule has 5 heteroatoms. The van der Waals surface area contributed by atoms with Crippen LogP contribution < -0.4 is 5.32 Å². The summed E-state index contributed by atoms with van der Waals surface area (Å²) in [5.74, 6) is 0. The fraction of sp³-hybridized carbons (Fsp3) is 1.00. The topological polar surface area (TPSA) is 55.4 Å². The molecule has 1 N–H and O–H groups in total. The molecule has 1 unspecified atom stereocenters. The highest BCUT2D eigenvalue weighted by molar-refractivity contribution is 7.86. The van der Waals surface area contributed by atoms with E-state index in [1.165, 1.54) is 0 Å². The van der Waals surface area contributed by atoms with Crippen LogP contribution in [-0.2, 0) is 14.3 Å². The molecule has 0 spiro atoms. The third-order valence-electron chi connectivity index (χ3n) is 0.984. The van der Waals surface area contributed by atoms with E-state index < -0.39 is 16.3 Å². The maximum atomic E-state index is 10.5. The Labute approximate surface area is 61.7 Å². The number of rotatable bonds is 4. The van der Waals surface area contributed by atoms with Crippen LogP contribution >= 0.6 is 0 Å². The van der Waals surface area contributed by atoms with Crippen LogP contribution in [0.25, 0.3) is 0 Å². The lowest BCUT2D eigenvalue weighted by molar-refractivity contribution is 0.179. The largest absolute Gasteiger partial charge is 0.294 e. The molecule has 0 saturated heterocycles. The van der Waals surface area contributed by atoms with Gasteiger partial charge in [-0.15, -0.1) is 0 Å². The smallest absolute Gasteiger partial charge is 0.265 e. The molecule has 1 atom stereocenters. The van der Waals surface area contributed by atoms with Crippen molar-refractivity contribution in [2.75, 3.05) is 13.3 Å². The van der Waals surface area contributed by atoms with Gasteiger partial charge in [0.15, 0.2) is 0 Å². The lowest BCUT2D eigenvalue weighted by atomic mass is 10.4. The Morgan fingerprint density at radius 1 is 1.60 bits per heavy atom. The van der Waals surface area contributed by atoms with Gasteiger partial charge in [0.05, 0.1) is 6.26 Å². The van der Waals surface area contributed by atoms with Gasteiger partial charge in [0, 0.05) is 0 Å². The Morgan fingerprint density at radius 3 is 2.20 bits per heavy atom. The van der Waals surface area contributed by atoms with Crippen molar-refractivity contribution in [1.29, 1.82) is 0 Å². The van der Waals surface area contributed by atoms with E-state index in [9.17, 15) is 8.42 Å². The highest BCUT2D eigenvalue weighted by atomic mass is 32.2. The molecule has 0 aliphatic rings. The van der Waals surface area contributed by atoms with Gasteiger partial charge in [-0.1, -0.05) is 6.92 Å². The summed E-state index contributed by atoms with van der Waals surface area (Å²) >= 11 is 0. The standard InChI is InChI=1S/C5H13NO3S/c1-4-5(6-2)9-10(3,7)8/h5-6H,4H2,1-3H3. The summed E-state index contributed by atoms with van der Waals surface area (Å²) in [6.45, 7) is 1.84. The van der Waals surface area contributed by atoms with Crippen LogP contribution in [0.3, 0.4) is 0 Å². The first-order chi connectivity index (χ1) is 4.49. The molecule has 0 aromatic carbocycles. The number of hydrogen-bond acceptors (Lipinski definition) is 4. The Balaban J connectivity index is 3.87. The lowest BCUT2D eigenvalue weighted by Crippen LogP contribution is -2.29. The highest BCUT2D eigenvalue weighted by Crippen LogP contribution is 1.96. The van der Waals surface area contributed by atoms with Gasteiger partial charge in [-0.05, 0) is 13.5 Å². The molecule has 0 aromatic rings. The SMILES string of the molecule is CCC(NC)OS(C)(=O)=O. The van der Waals surface area contributed by atoms with Crippen LogP contribution in [0.4, 0.5) is 0 Å². The van der Waals surface area contributed by atoms with Gasteiger partial charge in [0.2, 0.25) is 0 Å². The lowest BCUT2D eigenvalue weighted by Gasteiger charge is -2.11. The summed E-state index contributed by atoms with van der Waals surface area (Å²) in [5.41, 5.74) is 0. The van der Waals surface area contributed by atoms with E-state index in [2.05, 4.69) is 9.50 Å². The van der Waals surface area contributed by atoms with Crippen molar-refractivity contribution in [1.82, 2.24) is 5.32 Å². The summed E-state index contributed by atoms with van der Waals surface area (Å²) in [6.07, 6.45) is 1.27. The van der Waals surface area contributed by atoms with Gasteiger partial charge in [-0.3, -0.25) is 9.50 Å². The first-order valence-corrected chi connectivity index (χ1v) is 4.86. The second kappa shape index (κ2) is 3.90. The fourth-order valence-corrected chi connectivity index (χ4v) is 1.19. The Morgan fingerprint density at radius 2 is 2.10 bits per heavy atom. The summed E-state index contributed by atoms with van der Waals surface area (Å²) < 4.78 is 25.6. The zero-order valence-corrected chi connectivity index (χ0v) is 7.23. The molecule has 0 heterocycles. The summed E-state index contributed by atoms with van der Waals surface area (Å²) in [4.78, 5) is 0. The first-order valence-electron chi connectivity index (χ1n) is 3.05. The van der Waals surface area contributed by atoms with Crippen LogP contribution in [0.5, 0.6) is 0 Å². The van der Waals surface area contributed by atoms with Crippen molar-refractivity contribution in [3.05, 3.63) is 0 Å². The molecule has 4 nitrogen and oxygen atoms in total. The molecule has 0 aromatic heterocycles. The third kappa shape index (κ3) is 4.72. The quantitative estimate of drug-likeness (QED) is 0.470. The average Bonchev–Trinajstić information content (AvgIpc) is 1.81. The second-order valence-corrected chi connectivity index (χ2v) is 3.59. The summed E-state index contributed by atoms with van der Waals surface area (Å²) in [5, 5.41) is 2.71. The molecule has 0 amide bonds. The van der Waals surface area contributed by atoms with Crippen molar-refractivity contribution in [2.45, 2.75) is 19.6 Å².